The summed E-state index contributed by atoms with van der Waals surface area (Å²) >= 11 is 0. The van der Waals surface area contributed by atoms with E-state index in [1.54, 1.807) is 0 Å². The van der Waals surface area contributed by atoms with Crippen molar-refractivity contribution < 1.29 is 9.53 Å². The van der Waals surface area contributed by atoms with Crippen LogP contribution >= 0.6 is 0 Å². The Labute approximate surface area is 132 Å². The van der Waals surface area contributed by atoms with E-state index in [1.807, 2.05) is 20.8 Å². The number of alkyl carbamates (subject to hydrolysis) is 1. The lowest BCUT2D eigenvalue weighted by Gasteiger charge is -2.19. The van der Waals surface area contributed by atoms with Gasteiger partial charge in [0.05, 0.1) is 0 Å². The van der Waals surface area contributed by atoms with Gasteiger partial charge in [-0.1, -0.05) is 71.1 Å². The Morgan fingerprint density at radius 3 is 1.67 bits per heavy atom. The predicted octanol–water partition coefficient (Wildman–Crippen LogP) is 5.82. The molecular formula is C18H37NO2. The fraction of sp³-hybridized carbons (Fsp3) is 0.944. The average Bonchev–Trinajstić information content (AvgIpc) is 2.38. The summed E-state index contributed by atoms with van der Waals surface area (Å²) in [6.07, 6.45) is 14.3. The molecule has 0 unspecified atom stereocenters. The number of ether oxygens (including phenoxy) is 1. The molecule has 1 amide bonds. The van der Waals surface area contributed by atoms with Crippen molar-refractivity contribution in [1.29, 1.82) is 0 Å². The first-order valence-electron chi connectivity index (χ1n) is 8.92. The van der Waals surface area contributed by atoms with Crippen LogP contribution in [0.15, 0.2) is 0 Å². The Balaban J connectivity index is 3.17. The molecule has 0 saturated carbocycles. The zero-order valence-electron chi connectivity index (χ0n) is 14.8. The van der Waals surface area contributed by atoms with Crippen LogP contribution in [0.1, 0.15) is 98.3 Å². The molecule has 0 aliphatic carbocycles. The quantitative estimate of drug-likeness (QED) is 0.461. The van der Waals surface area contributed by atoms with Crippen LogP contribution < -0.4 is 5.32 Å². The molecule has 0 atom stereocenters. The lowest BCUT2D eigenvalue weighted by Crippen LogP contribution is -2.32. The molecule has 0 saturated heterocycles. The van der Waals surface area contributed by atoms with E-state index in [0.717, 1.165) is 13.0 Å². The molecule has 0 fully saturated rings. The first-order chi connectivity index (χ1) is 9.95. The summed E-state index contributed by atoms with van der Waals surface area (Å²) in [5.74, 6) is 0. The molecule has 0 aliphatic rings. The average molecular weight is 299 g/mol. The number of unbranched alkanes of at least 4 members (excludes halogenated alkanes) is 10. The molecule has 0 bridgehead atoms. The van der Waals surface area contributed by atoms with Crippen LogP contribution in [0.4, 0.5) is 4.79 Å². The third-order valence-corrected chi connectivity index (χ3v) is 3.45. The fourth-order valence-corrected chi connectivity index (χ4v) is 2.29. The summed E-state index contributed by atoms with van der Waals surface area (Å²) in [5, 5.41) is 2.81. The summed E-state index contributed by atoms with van der Waals surface area (Å²) in [5.41, 5.74) is -0.402. The largest absolute Gasteiger partial charge is 0.444 e. The van der Waals surface area contributed by atoms with E-state index >= 15 is 0 Å². The van der Waals surface area contributed by atoms with E-state index < -0.39 is 5.60 Å². The maximum Gasteiger partial charge on any atom is 0.407 e. The number of hydrogen-bond acceptors (Lipinski definition) is 2. The van der Waals surface area contributed by atoms with Crippen LogP contribution in [-0.4, -0.2) is 18.2 Å². The van der Waals surface area contributed by atoms with Crippen molar-refractivity contribution in [3.05, 3.63) is 0 Å². The van der Waals surface area contributed by atoms with Gasteiger partial charge in [-0.15, -0.1) is 0 Å². The van der Waals surface area contributed by atoms with Crippen molar-refractivity contribution in [2.75, 3.05) is 6.54 Å². The van der Waals surface area contributed by atoms with Gasteiger partial charge < -0.3 is 10.1 Å². The monoisotopic (exact) mass is 299 g/mol. The SMILES string of the molecule is CCCCCCCCCCCCCNC(=O)OC(C)(C)C. The highest BCUT2D eigenvalue weighted by atomic mass is 16.6. The first-order valence-corrected chi connectivity index (χ1v) is 8.92. The number of amides is 1. The minimum absolute atomic E-state index is 0.297. The molecule has 0 heterocycles. The Kier molecular flexibility index (Phi) is 12.5. The predicted molar refractivity (Wildman–Crippen MR) is 90.7 cm³/mol. The van der Waals surface area contributed by atoms with E-state index in [1.165, 1.54) is 64.2 Å². The molecular weight excluding hydrogens is 262 g/mol. The molecule has 0 radical (unpaired) electrons. The van der Waals surface area contributed by atoms with Crippen molar-refractivity contribution in [2.45, 2.75) is 104 Å². The van der Waals surface area contributed by atoms with Crippen LogP contribution in [0.25, 0.3) is 0 Å². The Bertz CT molecular complexity index is 246. The van der Waals surface area contributed by atoms with Crippen molar-refractivity contribution in [3.8, 4) is 0 Å². The molecule has 0 aromatic carbocycles. The first kappa shape index (κ1) is 20.3. The summed E-state index contributed by atoms with van der Waals surface area (Å²) in [6.45, 7) is 8.64. The third kappa shape index (κ3) is 17.2. The van der Waals surface area contributed by atoms with E-state index in [4.69, 9.17) is 4.74 Å². The zero-order chi connectivity index (χ0) is 16.0. The number of carbonyl (C=O) groups is 1. The summed E-state index contributed by atoms with van der Waals surface area (Å²) in [6, 6.07) is 0. The Morgan fingerprint density at radius 2 is 1.24 bits per heavy atom. The van der Waals surface area contributed by atoms with Gasteiger partial charge in [0.2, 0.25) is 0 Å². The second-order valence-corrected chi connectivity index (χ2v) is 6.96. The van der Waals surface area contributed by atoms with Gasteiger partial charge in [0.1, 0.15) is 5.60 Å². The van der Waals surface area contributed by atoms with E-state index in [2.05, 4.69) is 12.2 Å². The molecule has 0 aromatic rings. The maximum absolute atomic E-state index is 11.4. The molecule has 0 spiro atoms. The van der Waals surface area contributed by atoms with Crippen molar-refractivity contribution in [1.82, 2.24) is 5.32 Å². The second kappa shape index (κ2) is 13.0. The van der Waals surface area contributed by atoms with E-state index in [9.17, 15) is 4.79 Å². The van der Waals surface area contributed by atoms with Crippen LogP contribution in [0, 0.1) is 0 Å². The van der Waals surface area contributed by atoms with E-state index in [0.29, 0.717) is 0 Å². The second-order valence-electron chi connectivity index (χ2n) is 6.96. The van der Waals surface area contributed by atoms with Gasteiger partial charge in [-0.05, 0) is 27.2 Å². The van der Waals surface area contributed by atoms with Crippen molar-refractivity contribution in [2.24, 2.45) is 0 Å². The number of rotatable bonds is 12. The molecule has 126 valence electrons. The summed E-state index contributed by atoms with van der Waals surface area (Å²) in [7, 11) is 0. The Hall–Kier alpha value is -0.730. The highest BCUT2D eigenvalue weighted by molar-refractivity contribution is 5.67. The summed E-state index contributed by atoms with van der Waals surface area (Å²) < 4.78 is 5.19. The normalized spacial score (nSPS) is 11.4. The van der Waals surface area contributed by atoms with Gasteiger partial charge in [-0.25, -0.2) is 4.79 Å². The minimum atomic E-state index is -0.402. The molecule has 0 aromatic heterocycles. The minimum Gasteiger partial charge on any atom is -0.444 e. The molecule has 3 nitrogen and oxygen atoms in total. The molecule has 0 rings (SSSR count). The smallest absolute Gasteiger partial charge is 0.407 e. The van der Waals surface area contributed by atoms with Crippen LogP contribution in [0.3, 0.4) is 0 Å². The highest BCUT2D eigenvalue weighted by Gasteiger charge is 2.15. The lowest BCUT2D eigenvalue weighted by atomic mass is 10.1. The number of hydrogen-bond donors (Lipinski definition) is 1. The number of nitrogens with one attached hydrogen (secondary N) is 1. The zero-order valence-corrected chi connectivity index (χ0v) is 14.8. The lowest BCUT2D eigenvalue weighted by molar-refractivity contribution is 0.0527. The van der Waals surface area contributed by atoms with Crippen molar-refractivity contribution in [3.63, 3.8) is 0 Å². The van der Waals surface area contributed by atoms with Gasteiger partial charge >= 0.3 is 6.09 Å². The molecule has 3 heteroatoms. The van der Waals surface area contributed by atoms with Crippen LogP contribution in [0.5, 0.6) is 0 Å². The van der Waals surface area contributed by atoms with Crippen LogP contribution in [0.2, 0.25) is 0 Å². The topological polar surface area (TPSA) is 38.3 Å². The van der Waals surface area contributed by atoms with E-state index in [-0.39, 0.29) is 6.09 Å². The standard InChI is InChI=1S/C18H37NO2/c1-5-6-7-8-9-10-11-12-13-14-15-16-19-17(20)21-18(2,3)4/h5-16H2,1-4H3,(H,19,20). The third-order valence-electron chi connectivity index (χ3n) is 3.45. The molecule has 1 N–H and O–H groups in total. The number of carbonyl (C=O) groups excluding carboxylic acids is 1. The van der Waals surface area contributed by atoms with Gasteiger partial charge in [0.25, 0.3) is 0 Å². The molecule has 0 aliphatic heterocycles. The van der Waals surface area contributed by atoms with Crippen LogP contribution in [-0.2, 0) is 4.74 Å². The Morgan fingerprint density at radius 1 is 0.810 bits per heavy atom. The highest BCUT2D eigenvalue weighted by Crippen LogP contribution is 2.11. The molecule has 21 heavy (non-hydrogen) atoms. The van der Waals surface area contributed by atoms with Gasteiger partial charge in [-0.3, -0.25) is 0 Å². The fourth-order valence-electron chi connectivity index (χ4n) is 2.29. The van der Waals surface area contributed by atoms with Crippen molar-refractivity contribution >= 4 is 6.09 Å². The maximum atomic E-state index is 11.4. The van der Waals surface area contributed by atoms with Gasteiger partial charge in [0, 0.05) is 6.54 Å². The summed E-state index contributed by atoms with van der Waals surface area (Å²) in [4.78, 5) is 11.4. The van der Waals surface area contributed by atoms with Gasteiger partial charge in [0.15, 0.2) is 0 Å². The van der Waals surface area contributed by atoms with Gasteiger partial charge in [-0.2, -0.15) is 0 Å².